The second-order valence-corrected chi connectivity index (χ2v) is 4.31. The first-order valence-electron chi connectivity index (χ1n) is 5.85. The summed E-state index contributed by atoms with van der Waals surface area (Å²) in [5, 5.41) is 0. The van der Waals surface area contributed by atoms with Crippen LogP contribution in [-0.4, -0.2) is 19.9 Å². The molecule has 0 radical (unpaired) electrons. The molecule has 5 heteroatoms. The highest BCUT2D eigenvalue weighted by Crippen LogP contribution is 2.19. The Morgan fingerprint density at radius 3 is 2.63 bits per heavy atom. The fourth-order valence-electron chi connectivity index (χ4n) is 2.16. The van der Waals surface area contributed by atoms with E-state index in [1.54, 1.807) is 12.3 Å². The largest absolute Gasteiger partial charge is 0.321 e. The molecular formula is C14H8N4O. The van der Waals surface area contributed by atoms with Crippen molar-refractivity contribution in [2.75, 3.05) is 0 Å². The SMILES string of the molecule is O=c1ccc2nc3cc4ncccc4nc3cc2[nH]1. The number of aromatic amines is 1. The number of pyridine rings is 4. The van der Waals surface area contributed by atoms with Gasteiger partial charge < -0.3 is 4.98 Å². The minimum Gasteiger partial charge on any atom is -0.321 e. The summed E-state index contributed by atoms with van der Waals surface area (Å²) in [6.07, 6.45) is 1.73. The van der Waals surface area contributed by atoms with Gasteiger partial charge in [-0.2, -0.15) is 0 Å². The van der Waals surface area contributed by atoms with Gasteiger partial charge in [-0.15, -0.1) is 0 Å². The summed E-state index contributed by atoms with van der Waals surface area (Å²) in [5.41, 5.74) is 4.43. The van der Waals surface area contributed by atoms with Crippen molar-refractivity contribution in [1.82, 2.24) is 19.9 Å². The topological polar surface area (TPSA) is 71.5 Å². The summed E-state index contributed by atoms with van der Waals surface area (Å²) in [5.74, 6) is 0. The lowest BCUT2D eigenvalue weighted by atomic mass is 10.2. The van der Waals surface area contributed by atoms with Crippen LogP contribution in [0.2, 0.25) is 0 Å². The first kappa shape index (κ1) is 10.1. The molecule has 90 valence electrons. The minimum atomic E-state index is -0.142. The van der Waals surface area contributed by atoms with E-state index in [4.69, 9.17) is 0 Å². The number of nitrogens with one attached hydrogen (secondary N) is 1. The first-order valence-corrected chi connectivity index (χ1v) is 5.85. The summed E-state index contributed by atoms with van der Waals surface area (Å²) >= 11 is 0. The van der Waals surface area contributed by atoms with Gasteiger partial charge in [-0.3, -0.25) is 9.78 Å². The summed E-state index contributed by atoms with van der Waals surface area (Å²) in [6.45, 7) is 0. The third-order valence-electron chi connectivity index (χ3n) is 3.04. The molecule has 0 saturated heterocycles. The molecule has 0 bridgehead atoms. The fraction of sp³-hybridized carbons (Fsp3) is 0. The zero-order valence-electron chi connectivity index (χ0n) is 9.79. The smallest absolute Gasteiger partial charge is 0.248 e. The Hall–Kier alpha value is -2.82. The van der Waals surface area contributed by atoms with E-state index in [9.17, 15) is 4.79 Å². The normalized spacial score (nSPS) is 11.4. The highest BCUT2D eigenvalue weighted by atomic mass is 16.1. The van der Waals surface area contributed by atoms with Crippen molar-refractivity contribution in [3.8, 4) is 0 Å². The van der Waals surface area contributed by atoms with Crippen LogP contribution in [0.4, 0.5) is 0 Å². The molecule has 0 saturated carbocycles. The molecule has 4 rings (SSSR count). The van der Waals surface area contributed by atoms with Crippen molar-refractivity contribution in [2.24, 2.45) is 0 Å². The van der Waals surface area contributed by atoms with Crippen LogP contribution in [0.25, 0.3) is 33.1 Å². The maximum absolute atomic E-state index is 11.3. The molecule has 4 heterocycles. The Morgan fingerprint density at radius 2 is 1.68 bits per heavy atom. The summed E-state index contributed by atoms with van der Waals surface area (Å²) < 4.78 is 0. The maximum Gasteiger partial charge on any atom is 0.248 e. The molecule has 0 fully saturated rings. The average Bonchev–Trinajstić information content (AvgIpc) is 2.43. The van der Waals surface area contributed by atoms with Crippen molar-refractivity contribution >= 4 is 33.1 Å². The maximum atomic E-state index is 11.3. The Morgan fingerprint density at radius 1 is 0.842 bits per heavy atom. The molecule has 19 heavy (non-hydrogen) atoms. The van der Waals surface area contributed by atoms with Crippen molar-refractivity contribution in [3.05, 3.63) is 52.9 Å². The van der Waals surface area contributed by atoms with Crippen molar-refractivity contribution in [1.29, 1.82) is 0 Å². The zero-order valence-corrected chi connectivity index (χ0v) is 9.79. The standard InChI is InChI=1S/C14H8N4O/c19-14-4-3-9-11(18-14)7-13-12(17-9)6-10-8(16-13)2-1-5-15-10/h1-7H,(H,18,19). The van der Waals surface area contributed by atoms with Crippen LogP contribution in [0.15, 0.2) is 47.4 Å². The van der Waals surface area contributed by atoms with Crippen LogP contribution >= 0.6 is 0 Å². The Bertz CT molecular complexity index is 991. The molecule has 0 aliphatic heterocycles. The van der Waals surface area contributed by atoms with E-state index in [0.717, 1.165) is 27.6 Å². The van der Waals surface area contributed by atoms with Gasteiger partial charge in [0.05, 0.1) is 33.1 Å². The summed E-state index contributed by atoms with van der Waals surface area (Å²) in [4.78, 5) is 27.3. The number of hydrogen-bond donors (Lipinski definition) is 1. The molecule has 1 N–H and O–H groups in total. The van der Waals surface area contributed by atoms with Gasteiger partial charge in [0.25, 0.3) is 0 Å². The van der Waals surface area contributed by atoms with Gasteiger partial charge in [0.15, 0.2) is 0 Å². The molecule has 0 spiro atoms. The van der Waals surface area contributed by atoms with E-state index in [-0.39, 0.29) is 5.56 Å². The van der Waals surface area contributed by atoms with E-state index in [2.05, 4.69) is 19.9 Å². The third kappa shape index (κ3) is 1.55. The first-order chi connectivity index (χ1) is 9.29. The van der Waals surface area contributed by atoms with E-state index >= 15 is 0 Å². The number of hydrogen-bond acceptors (Lipinski definition) is 4. The summed E-state index contributed by atoms with van der Waals surface area (Å²) in [6, 6.07) is 10.7. The number of rotatable bonds is 0. The molecule has 0 aliphatic carbocycles. The second kappa shape index (κ2) is 3.58. The van der Waals surface area contributed by atoms with Gasteiger partial charge in [0, 0.05) is 12.3 Å². The van der Waals surface area contributed by atoms with E-state index < -0.39 is 0 Å². The number of aromatic nitrogens is 4. The molecular weight excluding hydrogens is 240 g/mol. The predicted octanol–water partition coefficient (Wildman–Crippen LogP) is 2.02. The molecule has 0 atom stereocenters. The fourth-order valence-corrected chi connectivity index (χ4v) is 2.16. The molecule has 0 aromatic carbocycles. The molecule has 5 nitrogen and oxygen atoms in total. The quantitative estimate of drug-likeness (QED) is 0.483. The number of H-pyrrole nitrogens is 1. The van der Waals surface area contributed by atoms with Gasteiger partial charge >= 0.3 is 0 Å². The highest BCUT2D eigenvalue weighted by Gasteiger charge is 2.04. The van der Waals surface area contributed by atoms with Crippen molar-refractivity contribution < 1.29 is 0 Å². The van der Waals surface area contributed by atoms with Crippen molar-refractivity contribution in [3.63, 3.8) is 0 Å². The van der Waals surface area contributed by atoms with Crippen molar-refractivity contribution in [2.45, 2.75) is 0 Å². The van der Waals surface area contributed by atoms with E-state index in [1.165, 1.54) is 6.07 Å². The lowest BCUT2D eigenvalue weighted by molar-refractivity contribution is 1.28. The molecule has 4 aromatic heterocycles. The van der Waals surface area contributed by atoms with Crippen LogP contribution in [-0.2, 0) is 0 Å². The van der Waals surface area contributed by atoms with Gasteiger partial charge in [0.2, 0.25) is 5.56 Å². The van der Waals surface area contributed by atoms with Crippen LogP contribution in [0.1, 0.15) is 0 Å². The van der Waals surface area contributed by atoms with E-state index in [0.29, 0.717) is 5.52 Å². The van der Waals surface area contributed by atoms with Crippen LogP contribution < -0.4 is 5.56 Å². The van der Waals surface area contributed by atoms with Gasteiger partial charge in [-0.1, -0.05) is 0 Å². The molecule has 4 aromatic rings. The predicted molar refractivity (Wildman–Crippen MR) is 73.0 cm³/mol. The Labute approximate surface area is 107 Å². The third-order valence-corrected chi connectivity index (χ3v) is 3.04. The lowest BCUT2D eigenvalue weighted by Gasteiger charge is -2.02. The van der Waals surface area contributed by atoms with Crippen LogP contribution in [0.5, 0.6) is 0 Å². The summed E-state index contributed by atoms with van der Waals surface area (Å²) in [7, 11) is 0. The lowest BCUT2D eigenvalue weighted by Crippen LogP contribution is -2.03. The highest BCUT2D eigenvalue weighted by molar-refractivity contribution is 5.94. The monoisotopic (exact) mass is 248 g/mol. The Balaban J connectivity index is 2.19. The van der Waals surface area contributed by atoms with Crippen LogP contribution in [0.3, 0.4) is 0 Å². The number of fused-ring (bicyclic) bond motifs is 3. The average molecular weight is 248 g/mol. The molecule has 0 amide bonds. The van der Waals surface area contributed by atoms with Crippen LogP contribution in [0, 0.1) is 0 Å². The van der Waals surface area contributed by atoms with Gasteiger partial charge in [-0.25, -0.2) is 9.97 Å². The zero-order chi connectivity index (χ0) is 12.8. The number of nitrogens with zero attached hydrogens (tertiary/aromatic N) is 3. The van der Waals surface area contributed by atoms with Gasteiger partial charge in [-0.05, 0) is 30.3 Å². The second-order valence-electron chi connectivity index (χ2n) is 4.31. The van der Waals surface area contributed by atoms with Gasteiger partial charge in [0.1, 0.15) is 0 Å². The Kier molecular flexibility index (Phi) is 1.91. The molecule has 0 unspecified atom stereocenters. The molecule has 0 aliphatic rings. The van der Waals surface area contributed by atoms with E-state index in [1.807, 2.05) is 24.3 Å². The minimum absolute atomic E-state index is 0.142.